The predicted octanol–water partition coefficient (Wildman–Crippen LogP) is 4.53. The van der Waals surface area contributed by atoms with Crippen molar-refractivity contribution in [2.24, 2.45) is 11.8 Å². The van der Waals surface area contributed by atoms with Gasteiger partial charge in [0, 0.05) is 25.7 Å². The van der Waals surface area contributed by atoms with E-state index in [2.05, 4.69) is 16.8 Å². The Balaban J connectivity index is 1.53. The number of hydrogen-bond donors (Lipinski definition) is 0. The zero-order valence-electron chi connectivity index (χ0n) is 17.7. The lowest BCUT2D eigenvalue weighted by atomic mass is 9.94. The Bertz CT molecular complexity index is 1060. The summed E-state index contributed by atoms with van der Waals surface area (Å²) in [5.41, 5.74) is -2.80. The first-order chi connectivity index (χ1) is 15.1. The largest absolute Gasteiger partial charge is 0.416 e. The van der Waals surface area contributed by atoms with Gasteiger partial charge in [0.05, 0.1) is 15.9 Å². The molecule has 1 aromatic heterocycles. The van der Waals surface area contributed by atoms with Gasteiger partial charge >= 0.3 is 6.18 Å². The second-order valence-electron chi connectivity index (χ2n) is 8.84. The molecular formula is C21H25F3N4O3S. The number of nitro benzene ring substituents is 1. The van der Waals surface area contributed by atoms with Crippen LogP contribution in [-0.2, 0) is 6.18 Å². The van der Waals surface area contributed by atoms with Crippen LogP contribution in [0, 0.1) is 22.0 Å². The number of anilines is 1. The number of fused-ring (bicyclic) bond motifs is 1. The average molecular weight is 471 g/mol. The number of rotatable bonds is 4. The molecule has 0 atom stereocenters. The van der Waals surface area contributed by atoms with Crippen molar-refractivity contribution in [1.82, 2.24) is 9.88 Å². The minimum atomic E-state index is -4.79. The fourth-order valence-corrected chi connectivity index (χ4v) is 5.61. The predicted molar refractivity (Wildman–Crippen MR) is 117 cm³/mol. The monoisotopic (exact) mass is 470 g/mol. The molecule has 3 heterocycles. The van der Waals surface area contributed by atoms with Gasteiger partial charge in [-0.15, -0.1) is 0 Å². The summed E-state index contributed by atoms with van der Waals surface area (Å²) in [6, 6.07) is 1.15. The Morgan fingerprint density at radius 1 is 1.16 bits per heavy atom. The van der Waals surface area contributed by atoms with Crippen molar-refractivity contribution in [1.29, 1.82) is 0 Å². The fourth-order valence-electron chi connectivity index (χ4n) is 4.49. The molecule has 0 spiro atoms. The summed E-state index contributed by atoms with van der Waals surface area (Å²) in [5, 5.41) is 11.4. The number of nitrogens with zero attached hydrogens (tertiary/aromatic N) is 4. The molecule has 2 fully saturated rings. The van der Waals surface area contributed by atoms with E-state index in [1.54, 1.807) is 0 Å². The number of hydrogen-bond acceptors (Lipinski definition) is 7. The third kappa shape index (κ3) is 4.88. The molecule has 2 aromatic rings. The molecule has 0 aliphatic carbocycles. The average Bonchev–Trinajstić information content (AvgIpc) is 2.74. The lowest BCUT2D eigenvalue weighted by Gasteiger charge is -2.37. The van der Waals surface area contributed by atoms with Gasteiger partial charge in [-0.05, 0) is 56.7 Å². The van der Waals surface area contributed by atoms with E-state index in [-0.39, 0.29) is 10.1 Å². The number of alkyl halides is 3. The van der Waals surface area contributed by atoms with E-state index >= 15 is 0 Å². The summed E-state index contributed by atoms with van der Waals surface area (Å²) in [6.07, 6.45) is -0.502. The van der Waals surface area contributed by atoms with Gasteiger partial charge in [0.1, 0.15) is 4.70 Å². The molecule has 0 radical (unpaired) electrons. The molecule has 0 N–H and O–H groups in total. The van der Waals surface area contributed by atoms with E-state index in [0.717, 1.165) is 49.7 Å². The summed E-state index contributed by atoms with van der Waals surface area (Å²) in [7, 11) is 0. The number of aromatic nitrogens is 1. The van der Waals surface area contributed by atoms with Crippen molar-refractivity contribution in [3.63, 3.8) is 0 Å². The standard InChI is InChI=1S/C21H25F3N4O3S/c1-13-2-6-26(7-3-13)12-14-4-8-27(9-5-14)20-25-19(29)16-10-15(21(22,23)24)11-17(28(30)31)18(16)32-20/h10-11,13-14H,2-9,12H2,1H3. The Morgan fingerprint density at radius 2 is 1.81 bits per heavy atom. The van der Waals surface area contributed by atoms with Gasteiger partial charge in [-0.2, -0.15) is 18.2 Å². The van der Waals surface area contributed by atoms with Gasteiger partial charge in [-0.1, -0.05) is 18.3 Å². The number of benzene rings is 1. The van der Waals surface area contributed by atoms with Gasteiger partial charge in [0.25, 0.3) is 11.2 Å². The van der Waals surface area contributed by atoms with Crippen molar-refractivity contribution in [2.75, 3.05) is 37.6 Å². The Morgan fingerprint density at radius 3 is 2.41 bits per heavy atom. The molecule has 11 heteroatoms. The lowest BCUT2D eigenvalue weighted by molar-refractivity contribution is -0.383. The Kier molecular flexibility index (Phi) is 6.39. The molecule has 4 rings (SSSR count). The van der Waals surface area contributed by atoms with E-state index in [0.29, 0.717) is 36.3 Å². The van der Waals surface area contributed by atoms with Crippen molar-refractivity contribution in [2.45, 2.75) is 38.8 Å². The van der Waals surface area contributed by atoms with E-state index in [1.807, 2.05) is 4.90 Å². The maximum absolute atomic E-state index is 13.1. The van der Waals surface area contributed by atoms with Crippen LogP contribution < -0.4 is 10.5 Å². The fraction of sp³-hybridized carbons (Fsp3) is 0.619. The van der Waals surface area contributed by atoms with Gasteiger partial charge in [-0.3, -0.25) is 14.9 Å². The number of likely N-dealkylation sites (tertiary alicyclic amines) is 1. The molecule has 2 saturated heterocycles. The van der Waals surface area contributed by atoms with E-state index in [4.69, 9.17) is 0 Å². The van der Waals surface area contributed by atoms with Crippen LogP contribution in [0.4, 0.5) is 24.0 Å². The summed E-state index contributed by atoms with van der Waals surface area (Å²) in [5.74, 6) is 1.33. The van der Waals surface area contributed by atoms with Gasteiger partial charge in [0.15, 0.2) is 5.13 Å². The molecule has 2 aliphatic rings. The smallest absolute Gasteiger partial charge is 0.348 e. The van der Waals surface area contributed by atoms with Crippen molar-refractivity contribution in [3.8, 4) is 0 Å². The first-order valence-corrected chi connectivity index (χ1v) is 11.6. The third-order valence-electron chi connectivity index (χ3n) is 6.49. The Labute approximate surface area is 187 Å². The van der Waals surface area contributed by atoms with Crippen LogP contribution in [0.5, 0.6) is 0 Å². The van der Waals surface area contributed by atoms with Crippen molar-refractivity contribution in [3.05, 3.63) is 38.2 Å². The highest BCUT2D eigenvalue weighted by atomic mass is 32.1. The van der Waals surface area contributed by atoms with Crippen molar-refractivity contribution >= 4 is 32.2 Å². The minimum Gasteiger partial charge on any atom is -0.348 e. The number of halogens is 3. The quantitative estimate of drug-likeness (QED) is 0.483. The van der Waals surface area contributed by atoms with E-state index in [1.165, 1.54) is 12.8 Å². The SMILES string of the molecule is CC1CCN(CC2CCN(c3nc(=O)c4cc(C(F)(F)F)cc([N+](=O)[O-])c4s3)CC2)CC1. The first-order valence-electron chi connectivity index (χ1n) is 10.8. The molecule has 0 unspecified atom stereocenters. The normalized spacial score (nSPS) is 19.6. The minimum absolute atomic E-state index is 0.0671. The second-order valence-corrected chi connectivity index (χ2v) is 9.82. The van der Waals surface area contributed by atoms with Gasteiger partial charge < -0.3 is 9.80 Å². The van der Waals surface area contributed by atoms with Crippen LogP contribution in [-0.4, -0.2) is 47.5 Å². The van der Waals surface area contributed by atoms with Crippen LogP contribution in [0.25, 0.3) is 10.1 Å². The van der Waals surface area contributed by atoms with E-state index < -0.39 is 27.9 Å². The van der Waals surface area contributed by atoms with Crippen LogP contribution >= 0.6 is 11.3 Å². The second kappa shape index (κ2) is 8.93. The number of piperidine rings is 2. The first kappa shape index (κ1) is 22.9. The molecule has 1 aromatic carbocycles. The Hall–Kier alpha value is -2.27. The molecular weight excluding hydrogens is 445 g/mol. The molecule has 2 aliphatic heterocycles. The van der Waals surface area contributed by atoms with Crippen LogP contribution in [0.15, 0.2) is 16.9 Å². The highest BCUT2D eigenvalue weighted by Crippen LogP contribution is 2.38. The number of non-ortho nitro benzene ring substituents is 1. The summed E-state index contributed by atoms with van der Waals surface area (Å²) >= 11 is 0.914. The van der Waals surface area contributed by atoms with Gasteiger partial charge in [0.2, 0.25) is 0 Å². The summed E-state index contributed by atoms with van der Waals surface area (Å²) < 4.78 is 39.3. The molecule has 0 bridgehead atoms. The lowest BCUT2D eigenvalue weighted by Crippen LogP contribution is -2.41. The highest BCUT2D eigenvalue weighted by Gasteiger charge is 2.34. The molecule has 0 amide bonds. The van der Waals surface area contributed by atoms with Crippen LogP contribution in [0.1, 0.15) is 38.2 Å². The number of nitro groups is 1. The summed E-state index contributed by atoms with van der Waals surface area (Å²) in [6.45, 7) is 6.91. The van der Waals surface area contributed by atoms with Crippen LogP contribution in [0.2, 0.25) is 0 Å². The van der Waals surface area contributed by atoms with Gasteiger partial charge in [-0.25, -0.2) is 0 Å². The molecule has 7 nitrogen and oxygen atoms in total. The maximum atomic E-state index is 13.1. The zero-order chi connectivity index (χ0) is 23.0. The topological polar surface area (TPSA) is 79.6 Å². The van der Waals surface area contributed by atoms with E-state index in [9.17, 15) is 28.1 Å². The maximum Gasteiger partial charge on any atom is 0.416 e. The zero-order valence-corrected chi connectivity index (χ0v) is 18.5. The molecule has 0 saturated carbocycles. The third-order valence-corrected chi connectivity index (χ3v) is 7.66. The summed E-state index contributed by atoms with van der Waals surface area (Å²) in [4.78, 5) is 31.5. The molecule has 32 heavy (non-hydrogen) atoms. The highest BCUT2D eigenvalue weighted by molar-refractivity contribution is 7.22. The molecule has 174 valence electrons. The van der Waals surface area contributed by atoms with Crippen LogP contribution in [0.3, 0.4) is 0 Å². The van der Waals surface area contributed by atoms with Crippen molar-refractivity contribution < 1.29 is 18.1 Å².